The second-order valence-corrected chi connectivity index (χ2v) is 13.6. The fourth-order valence-electron chi connectivity index (χ4n) is 5.51. The maximum Gasteiger partial charge on any atom is 0.258 e. The van der Waals surface area contributed by atoms with Crippen LogP contribution in [0.1, 0.15) is 51.4 Å². The van der Waals surface area contributed by atoms with Gasteiger partial charge in [0.1, 0.15) is 11.5 Å². The lowest BCUT2D eigenvalue weighted by molar-refractivity contribution is 0.0489. The van der Waals surface area contributed by atoms with Crippen molar-refractivity contribution < 1.29 is 13.8 Å². The molecule has 1 N–H and O–H groups in total. The molecular formula is C32H43N2O3P. The van der Waals surface area contributed by atoms with Crippen LogP contribution in [0.5, 0.6) is 5.75 Å². The Morgan fingerprint density at radius 1 is 0.921 bits per heavy atom. The maximum atomic E-state index is 15.6. The third-order valence-corrected chi connectivity index (χ3v) is 10.5. The Morgan fingerprint density at radius 2 is 1.58 bits per heavy atom. The van der Waals surface area contributed by atoms with Crippen molar-refractivity contribution in [3.05, 3.63) is 84.4 Å². The third kappa shape index (κ3) is 6.45. The van der Waals surface area contributed by atoms with Gasteiger partial charge in [0.15, 0.2) is 0 Å². The predicted octanol–water partition coefficient (Wildman–Crippen LogP) is 7.95. The Morgan fingerprint density at radius 3 is 2.16 bits per heavy atom. The van der Waals surface area contributed by atoms with E-state index < -0.39 is 13.2 Å². The highest BCUT2D eigenvalue weighted by Gasteiger charge is 2.43. The molecule has 1 aliphatic carbocycles. The summed E-state index contributed by atoms with van der Waals surface area (Å²) in [4.78, 5) is 2.05. The van der Waals surface area contributed by atoms with Gasteiger partial charge < -0.3 is 19.5 Å². The summed E-state index contributed by atoms with van der Waals surface area (Å²) in [5.41, 5.74) is 2.86. The molecule has 3 aromatic carbocycles. The third-order valence-electron chi connectivity index (χ3n) is 7.83. The zero-order valence-corrected chi connectivity index (χ0v) is 24.5. The molecular weight excluding hydrogens is 491 g/mol. The number of benzene rings is 3. The number of ether oxygens (including phenoxy) is 1. The molecule has 0 bridgehead atoms. The SMILES string of the molecule is COc1ccc([C@@H](Nc2ccccc2)[P@@](=O)(O[C@@H]2C[C@@H](C)CC[C@H]2C(C)C)c2ccc(N(C)C)cc2)cc1. The van der Waals surface area contributed by atoms with Crippen LogP contribution in [-0.4, -0.2) is 27.3 Å². The van der Waals surface area contributed by atoms with Gasteiger partial charge in [-0.3, -0.25) is 4.57 Å². The molecule has 0 aromatic heterocycles. The van der Waals surface area contributed by atoms with Crippen LogP contribution in [0.4, 0.5) is 11.4 Å². The molecule has 0 aliphatic heterocycles. The van der Waals surface area contributed by atoms with E-state index in [9.17, 15) is 0 Å². The highest BCUT2D eigenvalue weighted by molar-refractivity contribution is 7.67. The summed E-state index contributed by atoms with van der Waals surface area (Å²) in [6.07, 6.45) is 3.14. The lowest BCUT2D eigenvalue weighted by Gasteiger charge is -2.41. The van der Waals surface area contributed by atoms with Gasteiger partial charge in [0.05, 0.1) is 13.2 Å². The number of anilines is 2. The molecule has 5 atom stereocenters. The van der Waals surface area contributed by atoms with E-state index in [-0.39, 0.29) is 6.10 Å². The number of rotatable bonds is 10. The van der Waals surface area contributed by atoms with Crippen molar-refractivity contribution in [3.8, 4) is 5.75 Å². The van der Waals surface area contributed by atoms with Gasteiger partial charge in [0, 0.05) is 30.8 Å². The number of nitrogens with zero attached hydrogens (tertiary/aromatic N) is 1. The Kier molecular flexibility index (Phi) is 9.23. The fourth-order valence-corrected chi connectivity index (χ4v) is 8.14. The Labute approximate surface area is 229 Å². The van der Waals surface area contributed by atoms with Crippen molar-refractivity contribution in [2.45, 2.75) is 51.9 Å². The number of hydrogen-bond donors (Lipinski definition) is 1. The Hall–Kier alpha value is -2.75. The minimum absolute atomic E-state index is 0.0727. The maximum absolute atomic E-state index is 15.6. The summed E-state index contributed by atoms with van der Waals surface area (Å²) in [5, 5.41) is 4.34. The number of nitrogens with one attached hydrogen (secondary N) is 1. The largest absolute Gasteiger partial charge is 0.497 e. The molecule has 0 radical (unpaired) electrons. The molecule has 5 nitrogen and oxygen atoms in total. The van der Waals surface area contributed by atoms with Crippen LogP contribution < -0.4 is 20.3 Å². The average molecular weight is 535 g/mol. The molecule has 3 aromatic rings. The van der Waals surface area contributed by atoms with E-state index in [1.807, 2.05) is 93.0 Å². The highest BCUT2D eigenvalue weighted by atomic mass is 31.2. The van der Waals surface area contributed by atoms with Gasteiger partial charge in [-0.25, -0.2) is 0 Å². The van der Waals surface area contributed by atoms with Crippen LogP contribution in [0, 0.1) is 17.8 Å². The molecule has 0 amide bonds. The van der Waals surface area contributed by atoms with E-state index in [1.165, 1.54) is 6.42 Å². The van der Waals surface area contributed by atoms with Crippen molar-refractivity contribution in [2.24, 2.45) is 17.8 Å². The summed E-state index contributed by atoms with van der Waals surface area (Å²) in [6, 6.07) is 25.8. The predicted molar refractivity (Wildman–Crippen MR) is 160 cm³/mol. The highest BCUT2D eigenvalue weighted by Crippen LogP contribution is 2.61. The first-order chi connectivity index (χ1) is 18.2. The summed E-state index contributed by atoms with van der Waals surface area (Å²) < 4.78 is 28.0. The number of hydrogen-bond acceptors (Lipinski definition) is 5. The molecule has 1 aliphatic rings. The van der Waals surface area contributed by atoms with E-state index in [0.717, 1.165) is 40.8 Å². The Balaban J connectivity index is 1.85. The van der Waals surface area contributed by atoms with Gasteiger partial charge in [0.25, 0.3) is 7.37 Å². The zero-order chi connectivity index (χ0) is 27.3. The van der Waals surface area contributed by atoms with Crippen LogP contribution in [-0.2, 0) is 9.09 Å². The fraction of sp³-hybridized carbons (Fsp3) is 0.438. The zero-order valence-electron chi connectivity index (χ0n) is 23.6. The van der Waals surface area contributed by atoms with Crippen LogP contribution in [0.25, 0.3) is 0 Å². The molecule has 204 valence electrons. The average Bonchev–Trinajstić information content (AvgIpc) is 2.92. The van der Waals surface area contributed by atoms with Crippen LogP contribution in [0.2, 0.25) is 0 Å². The summed E-state index contributed by atoms with van der Waals surface area (Å²) in [7, 11) is 2.20. The van der Waals surface area contributed by atoms with E-state index in [4.69, 9.17) is 9.26 Å². The van der Waals surface area contributed by atoms with E-state index in [0.29, 0.717) is 17.8 Å². The molecule has 38 heavy (non-hydrogen) atoms. The molecule has 0 heterocycles. The monoisotopic (exact) mass is 534 g/mol. The van der Waals surface area contributed by atoms with Gasteiger partial charge in [-0.2, -0.15) is 0 Å². The van der Waals surface area contributed by atoms with Crippen LogP contribution in [0.3, 0.4) is 0 Å². The van der Waals surface area contributed by atoms with Gasteiger partial charge in [-0.1, -0.05) is 57.5 Å². The molecule has 6 heteroatoms. The van der Waals surface area contributed by atoms with E-state index in [1.54, 1.807) is 7.11 Å². The summed E-state index contributed by atoms with van der Waals surface area (Å²) in [5.74, 6) is 1.57. The van der Waals surface area contributed by atoms with Crippen molar-refractivity contribution in [2.75, 3.05) is 31.4 Å². The molecule has 0 spiro atoms. The number of methoxy groups -OCH3 is 1. The Bertz CT molecular complexity index is 1200. The van der Waals surface area contributed by atoms with Gasteiger partial charge in [-0.15, -0.1) is 0 Å². The van der Waals surface area contributed by atoms with Crippen molar-refractivity contribution >= 4 is 24.0 Å². The van der Waals surface area contributed by atoms with Crippen molar-refractivity contribution in [1.82, 2.24) is 0 Å². The van der Waals surface area contributed by atoms with Gasteiger partial charge in [-0.05, 0) is 84.7 Å². The molecule has 1 saturated carbocycles. The number of para-hydroxylation sites is 1. The molecule has 0 saturated heterocycles. The first-order valence-electron chi connectivity index (χ1n) is 13.7. The second kappa shape index (κ2) is 12.4. The topological polar surface area (TPSA) is 50.8 Å². The van der Waals surface area contributed by atoms with Crippen molar-refractivity contribution in [1.29, 1.82) is 0 Å². The van der Waals surface area contributed by atoms with Crippen LogP contribution >= 0.6 is 7.37 Å². The normalized spacial score (nSPS) is 21.9. The second-order valence-electron chi connectivity index (χ2n) is 11.2. The van der Waals surface area contributed by atoms with Crippen molar-refractivity contribution in [3.63, 3.8) is 0 Å². The first kappa shape index (κ1) is 28.3. The minimum atomic E-state index is -3.49. The van der Waals surface area contributed by atoms with Gasteiger partial charge >= 0.3 is 0 Å². The summed E-state index contributed by atoms with van der Waals surface area (Å²) in [6.45, 7) is 6.81. The summed E-state index contributed by atoms with van der Waals surface area (Å²) >= 11 is 0. The minimum Gasteiger partial charge on any atom is -0.497 e. The standard InChI is InChI=1S/C32H43N2O3P/c1-23(2)30-21-12-24(3)22-31(30)37-38(35,29-19-15-27(16-20-29)34(4)5)32(33-26-10-8-7-9-11-26)25-13-17-28(36-6)18-14-25/h7-11,13-20,23-24,30-33H,12,21-22H2,1-6H3/t24-,30-,31+,32-,38-/m0/s1. The first-order valence-corrected chi connectivity index (χ1v) is 15.4. The molecule has 4 rings (SSSR count). The van der Waals surface area contributed by atoms with Crippen LogP contribution in [0.15, 0.2) is 78.9 Å². The quantitative estimate of drug-likeness (QED) is 0.268. The molecule has 1 fully saturated rings. The molecule has 0 unspecified atom stereocenters. The van der Waals surface area contributed by atoms with E-state index in [2.05, 4.69) is 31.0 Å². The lowest BCUT2D eigenvalue weighted by atomic mass is 9.75. The lowest BCUT2D eigenvalue weighted by Crippen LogP contribution is -2.35. The van der Waals surface area contributed by atoms with E-state index >= 15 is 4.57 Å². The smallest absolute Gasteiger partial charge is 0.258 e. The van der Waals surface area contributed by atoms with Gasteiger partial charge in [0.2, 0.25) is 0 Å².